The van der Waals surface area contributed by atoms with E-state index >= 15 is 0 Å². The molecule has 0 aliphatic rings. The number of hydrogen-bond acceptors (Lipinski definition) is 3. The number of nitrogens with zero attached hydrogens (tertiary/aromatic N) is 2. The minimum Gasteiger partial charge on any atom is -0.348 e. The fourth-order valence-corrected chi connectivity index (χ4v) is 2.16. The Balaban J connectivity index is 2.16. The lowest BCUT2D eigenvalue weighted by molar-refractivity contribution is 0.859. The summed E-state index contributed by atoms with van der Waals surface area (Å²) < 4.78 is 0. The maximum atomic E-state index is 6.15. The zero-order valence-corrected chi connectivity index (χ0v) is 11.6. The van der Waals surface area contributed by atoms with Crippen molar-refractivity contribution in [3.05, 3.63) is 51.8 Å². The van der Waals surface area contributed by atoms with E-state index in [9.17, 15) is 0 Å². The summed E-state index contributed by atoms with van der Waals surface area (Å²) in [6, 6.07) is 5.46. The summed E-state index contributed by atoms with van der Waals surface area (Å²) in [6.45, 7) is 3.95. The molecule has 0 saturated heterocycles. The van der Waals surface area contributed by atoms with E-state index in [-0.39, 0.29) is 6.04 Å². The highest BCUT2D eigenvalue weighted by Gasteiger charge is 2.10. The number of aromatic nitrogens is 2. The van der Waals surface area contributed by atoms with Crippen molar-refractivity contribution in [2.24, 2.45) is 0 Å². The molecule has 1 N–H and O–H groups in total. The van der Waals surface area contributed by atoms with Crippen molar-refractivity contribution >= 4 is 29.2 Å². The van der Waals surface area contributed by atoms with Crippen LogP contribution in [0.15, 0.2) is 30.6 Å². The number of benzene rings is 1. The van der Waals surface area contributed by atoms with E-state index in [0.717, 1.165) is 11.1 Å². The standard InChI is InChI=1S/C13H13Cl2N3/c1-8-6-16-13(17-7-8)18-9(2)11-4-3-10(14)5-12(11)15/h3-7,9H,1-2H3,(H,16,17,18)/t9-/m0/s1. The second-order valence-electron chi connectivity index (χ2n) is 4.12. The monoisotopic (exact) mass is 281 g/mol. The van der Waals surface area contributed by atoms with Gasteiger partial charge in [-0.05, 0) is 37.1 Å². The first-order valence-electron chi connectivity index (χ1n) is 5.56. The van der Waals surface area contributed by atoms with Crippen molar-refractivity contribution in [2.45, 2.75) is 19.9 Å². The summed E-state index contributed by atoms with van der Waals surface area (Å²) in [6.07, 6.45) is 3.54. The molecule has 94 valence electrons. The average molecular weight is 282 g/mol. The van der Waals surface area contributed by atoms with Crippen LogP contribution in [0.2, 0.25) is 10.0 Å². The van der Waals surface area contributed by atoms with Gasteiger partial charge in [0.05, 0.1) is 6.04 Å². The molecule has 5 heteroatoms. The van der Waals surface area contributed by atoms with Crippen LogP contribution in [0.5, 0.6) is 0 Å². The van der Waals surface area contributed by atoms with Crippen molar-refractivity contribution in [1.82, 2.24) is 9.97 Å². The average Bonchev–Trinajstić information content (AvgIpc) is 2.32. The van der Waals surface area contributed by atoms with Crippen LogP contribution < -0.4 is 5.32 Å². The number of aryl methyl sites for hydroxylation is 1. The minimum absolute atomic E-state index is 0.0115. The van der Waals surface area contributed by atoms with Gasteiger partial charge in [-0.25, -0.2) is 9.97 Å². The maximum Gasteiger partial charge on any atom is 0.223 e. The first-order chi connectivity index (χ1) is 8.56. The van der Waals surface area contributed by atoms with Gasteiger partial charge in [0.1, 0.15) is 0 Å². The smallest absolute Gasteiger partial charge is 0.223 e. The maximum absolute atomic E-state index is 6.15. The molecule has 1 aromatic heterocycles. The predicted molar refractivity (Wildman–Crippen MR) is 75.3 cm³/mol. The highest BCUT2D eigenvalue weighted by molar-refractivity contribution is 6.35. The second-order valence-corrected chi connectivity index (χ2v) is 4.96. The fourth-order valence-electron chi connectivity index (χ4n) is 1.59. The van der Waals surface area contributed by atoms with Crippen molar-refractivity contribution < 1.29 is 0 Å². The highest BCUT2D eigenvalue weighted by atomic mass is 35.5. The second kappa shape index (κ2) is 5.55. The van der Waals surface area contributed by atoms with Gasteiger partial charge in [0.2, 0.25) is 5.95 Å². The molecule has 0 radical (unpaired) electrons. The van der Waals surface area contributed by atoms with Gasteiger partial charge in [0.25, 0.3) is 0 Å². The van der Waals surface area contributed by atoms with Gasteiger partial charge < -0.3 is 5.32 Å². The first kappa shape index (κ1) is 13.1. The van der Waals surface area contributed by atoms with E-state index in [1.807, 2.05) is 26.0 Å². The molecule has 0 amide bonds. The van der Waals surface area contributed by atoms with Gasteiger partial charge in [0.15, 0.2) is 0 Å². The third kappa shape index (κ3) is 3.12. The van der Waals surface area contributed by atoms with Gasteiger partial charge >= 0.3 is 0 Å². The Morgan fingerprint density at radius 3 is 2.44 bits per heavy atom. The van der Waals surface area contributed by atoms with Crippen LogP contribution in [0, 0.1) is 6.92 Å². The number of nitrogens with one attached hydrogen (secondary N) is 1. The van der Waals surface area contributed by atoms with Gasteiger partial charge in [-0.3, -0.25) is 0 Å². The van der Waals surface area contributed by atoms with Crippen LogP contribution in [0.4, 0.5) is 5.95 Å². The molecule has 3 nitrogen and oxygen atoms in total. The third-order valence-corrected chi connectivity index (χ3v) is 3.12. The SMILES string of the molecule is Cc1cnc(N[C@@H](C)c2ccc(Cl)cc2Cl)nc1. The van der Waals surface area contributed by atoms with E-state index in [1.54, 1.807) is 18.5 Å². The lowest BCUT2D eigenvalue weighted by Crippen LogP contribution is -2.09. The summed E-state index contributed by atoms with van der Waals surface area (Å²) in [5, 5.41) is 4.46. The Kier molecular flexibility index (Phi) is 4.04. The minimum atomic E-state index is 0.0115. The molecule has 0 aliphatic heterocycles. The van der Waals surface area contributed by atoms with Crippen molar-refractivity contribution in [3.63, 3.8) is 0 Å². The summed E-state index contributed by atoms with van der Waals surface area (Å²) in [5.74, 6) is 0.583. The van der Waals surface area contributed by atoms with Gasteiger partial charge in [-0.1, -0.05) is 29.3 Å². The Morgan fingerprint density at radius 1 is 1.17 bits per heavy atom. The quantitative estimate of drug-likeness (QED) is 0.913. The first-order valence-corrected chi connectivity index (χ1v) is 6.32. The highest BCUT2D eigenvalue weighted by Crippen LogP contribution is 2.27. The van der Waals surface area contributed by atoms with Crippen LogP contribution in [0.3, 0.4) is 0 Å². The van der Waals surface area contributed by atoms with E-state index in [4.69, 9.17) is 23.2 Å². The molecule has 18 heavy (non-hydrogen) atoms. The van der Waals surface area contributed by atoms with Gasteiger partial charge in [-0.2, -0.15) is 0 Å². The molecule has 2 rings (SSSR count). The van der Waals surface area contributed by atoms with Crippen LogP contribution in [-0.4, -0.2) is 9.97 Å². The Bertz CT molecular complexity index is 540. The van der Waals surface area contributed by atoms with Crippen molar-refractivity contribution in [3.8, 4) is 0 Å². The topological polar surface area (TPSA) is 37.8 Å². The Morgan fingerprint density at radius 2 is 1.83 bits per heavy atom. The molecule has 0 saturated carbocycles. The molecule has 2 aromatic rings. The molecule has 1 aromatic carbocycles. The number of anilines is 1. The van der Waals surface area contributed by atoms with Gasteiger partial charge in [-0.15, -0.1) is 0 Å². The molecule has 0 unspecified atom stereocenters. The molecule has 0 bridgehead atoms. The van der Waals surface area contributed by atoms with Crippen molar-refractivity contribution in [2.75, 3.05) is 5.32 Å². The van der Waals surface area contributed by atoms with Crippen LogP contribution in [0.1, 0.15) is 24.1 Å². The summed E-state index contributed by atoms with van der Waals surface area (Å²) in [7, 11) is 0. The summed E-state index contributed by atoms with van der Waals surface area (Å²) in [4.78, 5) is 8.40. The molecule has 0 aliphatic carbocycles. The van der Waals surface area contributed by atoms with Crippen LogP contribution >= 0.6 is 23.2 Å². The number of hydrogen-bond donors (Lipinski definition) is 1. The zero-order valence-electron chi connectivity index (χ0n) is 10.1. The Hall–Kier alpha value is -1.32. The van der Waals surface area contributed by atoms with Crippen LogP contribution in [-0.2, 0) is 0 Å². The molecule has 0 spiro atoms. The Labute approximate surface area is 116 Å². The molecule has 1 atom stereocenters. The molecule has 0 fully saturated rings. The van der Waals surface area contributed by atoms with E-state index in [1.165, 1.54) is 0 Å². The molecular formula is C13H13Cl2N3. The third-order valence-electron chi connectivity index (χ3n) is 2.56. The lowest BCUT2D eigenvalue weighted by Gasteiger charge is -2.15. The van der Waals surface area contributed by atoms with E-state index in [0.29, 0.717) is 16.0 Å². The molecule has 1 heterocycles. The number of rotatable bonds is 3. The van der Waals surface area contributed by atoms with Crippen molar-refractivity contribution in [1.29, 1.82) is 0 Å². The summed E-state index contributed by atoms with van der Waals surface area (Å²) >= 11 is 12.0. The number of halogens is 2. The van der Waals surface area contributed by atoms with E-state index < -0.39 is 0 Å². The largest absolute Gasteiger partial charge is 0.348 e. The lowest BCUT2D eigenvalue weighted by atomic mass is 10.1. The zero-order chi connectivity index (χ0) is 13.1. The van der Waals surface area contributed by atoms with E-state index in [2.05, 4.69) is 15.3 Å². The predicted octanol–water partition coefficient (Wildman–Crippen LogP) is 4.26. The van der Waals surface area contributed by atoms with Gasteiger partial charge in [0, 0.05) is 22.4 Å². The fraction of sp³-hybridized carbons (Fsp3) is 0.231. The van der Waals surface area contributed by atoms with Crippen LogP contribution in [0.25, 0.3) is 0 Å². The molecular weight excluding hydrogens is 269 g/mol. The normalized spacial score (nSPS) is 12.2. The summed E-state index contributed by atoms with van der Waals surface area (Å²) in [5.41, 5.74) is 1.99.